The molecule has 0 N–H and O–H groups in total. The quantitative estimate of drug-likeness (QED) is 0.674. The summed E-state index contributed by atoms with van der Waals surface area (Å²) in [6, 6.07) is 3.58. The zero-order valence-electron chi connectivity index (χ0n) is 8.93. The maximum absolute atomic E-state index is 10.8. The van der Waals surface area contributed by atoms with Crippen molar-refractivity contribution in [2.24, 2.45) is 0 Å². The van der Waals surface area contributed by atoms with Crippen molar-refractivity contribution in [3.63, 3.8) is 0 Å². The van der Waals surface area contributed by atoms with Gasteiger partial charge in [-0.25, -0.2) is 0 Å². The third-order valence-corrected chi connectivity index (χ3v) is 2.88. The van der Waals surface area contributed by atoms with Gasteiger partial charge in [0.15, 0.2) is 6.29 Å². The lowest BCUT2D eigenvalue weighted by Gasteiger charge is -2.16. The average Bonchev–Trinajstić information content (AvgIpc) is 2.65. The summed E-state index contributed by atoms with van der Waals surface area (Å²) < 4.78 is 16.9. The van der Waals surface area contributed by atoms with Crippen LogP contribution in [0, 0.1) is 6.92 Å². The molecule has 1 aromatic carbocycles. The van der Waals surface area contributed by atoms with Crippen LogP contribution in [0.25, 0.3) is 0 Å². The fourth-order valence-electron chi connectivity index (χ4n) is 2.15. The standard InChI is InChI=1S/C12H12O4/c1-7-2-8(4-13)3-10-11(7)14-5-9-6-15-12(10)16-9/h2-4,9,12H,5-6H2,1H3. The molecule has 16 heavy (non-hydrogen) atoms. The number of fused-ring (bicyclic) bond motifs is 4. The molecule has 1 saturated heterocycles. The van der Waals surface area contributed by atoms with E-state index in [0.717, 1.165) is 23.2 Å². The van der Waals surface area contributed by atoms with Gasteiger partial charge in [-0.1, -0.05) is 0 Å². The van der Waals surface area contributed by atoms with Crippen molar-refractivity contribution >= 4 is 6.29 Å². The summed E-state index contributed by atoms with van der Waals surface area (Å²) in [5.41, 5.74) is 2.39. The number of aryl methyl sites for hydroxylation is 1. The minimum absolute atomic E-state index is 0.00326. The van der Waals surface area contributed by atoms with E-state index in [1.165, 1.54) is 0 Å². The van der Waals surface area contributed by atoms with E-state index in [1.54, 1.807) is 6.07 Å². The van der Waals surface area contributed by atoms with Crippen LogP contribution in [0.15, 0.2) is 12.1 Å². The highest BCUT2D eigenvalue weighted by Gasteiger charge is 2.34. The second kappa shape index (κ2) is 3.57. The Morgan fingerprint density at radius 3 is 3.06 bits per heavy atom. The molecule has 2 atom stereocenters. The predicted molar refractivity (Wildman–Crippen MR) is 55.6 cm³/mol. The third kappa shape index (κ3) is 1.42. The number of carbonyl (C=O) groups is 1. The fraction of sp³-hybridized carbons (Fsp3) is 0.417. The maximum atomic E-state index is 10.8. The maximum Gasteiger partial charge on any atom is 0.188 e. The van der Waals surface area contributed by atoms with Crippen LogP contribution >= 0.6 is 0 Å². The van der Waals surface area contributed by atoms with Crippen molar-refractivity contribution in [1.29, 1.82) is 0 Å². The molecule has 2 aliphatic heterocycles. The summed E-state index contributed by atoms with van der Waals surface area (Å²) in [5.74, 6) is 0.790. The molecule has 84 valence electrons. The Kier molecular flexibility index (Phi) is 2.19. The van der Waals surface area contributed by atoms with E-state index in [-0.39, 0.29) is 12.4 Å². The lowest BCUT2D eigenvalue weighted by molar-refractivity contribution is -0.0579. The second-order valence-electron chi connectivity index (χ2n) is 4.11. The molecular formula is C12H12O4. The Bertz CT molecular complexity index is 441. The smallest absolute Gasteiger partial charge is 0.188 e. The summed E-state index contributed by atoms with van der Waals surface area (Å²) in [6.07, 6.45) is 0.433. The number of benzene rings is 1. The monoisotopic (exact) mass is 220 g/mol. The molecule has 2 aliphatic rings. The van der Waals surface area contributed by atoms with Crippen molar-refractivity contribution in [2.45, 2.75) is 19.3 Å². The number of rotatable bonds is 1. The van der Waals surface area contributed by atoms with Crippen LogP contribution < -0.4 is 4.74 Å². The molecule has 2 heterocycles. The Hall–Kier alpha value is -1.39. The number of aldehydes is 1. The summed E-state index contributed by atoms with van der Waals surface area (Å²) in [4.78, 5) is 10.8. The lowest BCUT2D eigenvalue weighted by atomic mass is 10.0. The van der Waals surface area contributed by atoms with Crippen LogP contribution in [0.5, 0.6) is 5.75 Å². The number of hydrogen-bond acceptors (Lipinski definition) is 4. The van der Waals surface area contributed by atoms with Gasteiger partial charge in [0.25, 0.3) is 0 Å². The average molecular weight is 220 g/mol. The summed E-state index contributed by atoms with van der Waals surface area (Å²) >= 11 is 0. The minimum Gasteiger partial charge on any atom is -0.490 e. The molecule has 4 heteroatoms. The van der Waals surface area contributed by atoms with Gasteiger partial charge in [0.05, 0.1) is 12.2 Å². The van der Waals surface area contributed by atoms with Crippen LogP contribution in [-0.2, 0) is 9.47 Å². The van der Waals surface area contributed by atoms with E-state index in [0.29, 0.717) is 18.8 Å². The molecule has 2 bridgehead atoms. The first-order chi connectivity index (χ1) is 7.78. The molecule has 0 aromatic heterocycles. The van der Waals surface area contributed by atoms with Crippen molar-refractivity contribution in [2.75, 3.05) is 13.2 Å². The van der Waals surface area contributed by atoms with Gasteiger partial charge in [-0.3, -0.25) is 4.79 Å². The van der Waals surface area contributed by atoms with Crippen LogP contribution in [0.4, 0.5) is 0 Å². The highest BCUT2D eigenvalue weighted by molar-refractivity contribution is 5.76. The lowest BCUT2D eigenvalue weighted by Crippen LogP contribution is -2.19. The van der Waals surface area contributed by atoms with Crippen LogP contribution in [0.1, 0.15) is 27.8 Å². The van der Waals surface area contributed by atoms with Crippen molar-refractivity contribution in [3.05, 3.63) is 28.8 Å². The van der Waals surface area contributed by atoms with Gasteiger partial charge in [0, 0.05) is 5.56 Å². The van der Waals surface area contributed by atoms with Gasteiger partial charge < -0.3 is 14.2 Å². The van der Waals surface area contributed by atoms with E-state index in [2.05, 4.69) is 0 Å². The molecule has 0 amide bonds. The van der Waals surface area contributed by atoms with Gasteiger partial charge in [-0.05, 0) is 24.6 Å². The number of carbonyl (C=O) groups excluding carboxylic acids is 1. The molecule has 1 fully saturated rings. The zero-order chi connectivity index (χ0) is 11.1. The molecule has 2 unspecified atom stereocenters. The highest BCUT2D eigenvalue weighted by Crippen LogP contribution is 2.39. The van der Waals surface area contributed by atoms with E-state index in [9.17, 15) is 4.79 Å². The van der Waals surface area contributed by atoms with Crippen LogP contribution in [0.3, 0.4) is 0 Å². The second-order valence-corrected chi connectivity index (χ2v) is 4.11. The number of ether oxygens (including phenoxy) is 3. The Morgan fingerprint density at radius 2 is 2.25 bits per heavy atom. The number of hydrogen-bond donors (Lipinski definition) is 0. The molecule has 0 aliphatic carbocycles. The Balaban J connectivity index is 2.13. The van der Waals surface area contributed by atoms with Gasteiger partial charge in [0.2, 0.25) is 0 Å². The highest BCUT2D eigenvalue weighted by atomic mass is 16.7. The van der Waals surface area contributed by atoms with E-state index in [1.807, 2.05) is 13.0 Å². The van der Waals surface area contributed by atoms with E-state index in [4.69, 9.17) is 14.2 Å². The SMILES string of the molecule is Cc1cc(C=O)cc2c1OCC1COC2O1. The first kappa shape index (κ1) is 9.81. The Labute approximate surface area is 93.1 Å². The first-order valence-electron chi connectivity index (χ1n) is 5.27. The molecule has 3 rings (SSSR count). The van der Waals surface area contributed by atoms with Gasteiger partial charge >= 0.3 is 0 Å². The third-order valence-electron chi connectivity index (χ3n) is 2.88. The van der Waals surface area contributed by atoms with Crippen molar-refractivity contribution in [1.82, 2.24) is 0 Å². The van der Waals surface area contributed by atoms with Crippen molar-refractivity contribution < 1.29 is 19.0 Å². The first-order valence-corrected chi connectivity index (χ1v) is 5.27. The predicted octanol–water partition coefficient (Wildman–Crippen LogP) is 1.61. The molecule has 0 radical (unpaired) electrons. The summed E-state index contributed by atoms with van der Waals surface area (Å²) in [7, 11) is 0. The van der Waals surface area contributed by atoms with Gasteiger partial charge in [-0.15, -0.1) is 0 Å². The van der Waals surface area contributed by atoms with Crippen LogP contribution in [-0.4, -0.2) is 25.6 Å². The molecule has 0 spiro atoms. The van der Waals surface area contributed by atoms with E-state index < -0.39 is 0 Å². The molecule has 1 aromatic rings. The molecule has 0 saturated carbocycles. The largest absolute Gasteiger partial charge is 0.490 e. The normalized spacial score (nSPS) is 26.8. The summed E-state index contributed by atoms with van der Waals surface area (Å²) in [5, 5.41) is 0. The van der Waals surface area contributed by atoms with Gasteiger partial charge in [0.1, 0.15) is 24.7 Å². The zero-order valence-corrected chi connectivity index (χ0v) is 8.93. The Morgan fingerprint density at radius 1 is 1.38 bits per heavy atom. The molecule has 4 nitrogen and oxygen atoms in total. The van der Waals surface area contributed by atoms with Crippen molar-refractivity contribution in [3.8, 4) is 5.75 Å². The summed E-state index contributed by atoms with van der Waals surface area (Å²) in [6.45, 7) is 2.98. The van der Waals surface area contributed by atoms with E-state index >= 15 is 0 Å². The topological polar surface area (TPSA) is 44.8 Å². The van der Waals surface area contributed by atoms with Gasteiger partial charge in [-0.2, -0.15) is 0 Å². The van der Waals surface area contributed by atoms with Crippen LogP contribution in [0.2, 0.25) is 0 Å². The fourth-order valence-corrected chi connectivity index (χ4v) is 2.15. The molecular weight excluding hydrogens is 208 g/mol. The minimum atomic E-state index is -0.388.